The Bertz CT molecular complexity index is 443. The van der Waals surface area contributed by atoms with Gasteiger partial charge in [-0.2, -0.15) is 11.8 Å². The zero-order valence-corrected chi connectivity index (χ0v) is 15.3. The van der Waals surface area contributed by atoms with E-state index in [-0.39, 0.29) is 30.7 Å². The summed E-state index contributed by atoms with van der Waals surface area (Å²) in [6.07, 6.45) is 0.504. The van der Waals surface area contributed by atoms with E-state index in [0.29, 0.717) is 13.0 Å². The summed E-state index contributed by atoms with van der Waals surface area (Å²) in [4.78, 5) is 14.2. The van der Waals surface area contributed by atoms with E-state index >= 15 is 0 Å². The van der Waals surface area contributed by atoms with Crippen molar-refractivity contribution in [2.75, 3.05) is 43.5 Å². The Hall–Kier alpha value is -0.460. The Morgan fingerprint density at radius 1 is 1.27 bits per heavy atom. The molecule has 2 N–H and O–H groups in total. The van der Waals surface area contributed by atoms with Gasteiger partial charge in [-0.05, 0) is 24.7 Å². The second-order valence-electron chi connectivity index (χ2n) is 4.99. The molecule has 4 nitrogen and oxygen atoms in total. The number of rotatable bonds is 6. The fourth-order valence-electron chi connectivity index (χ4n) is 2.23. The number of hydrogen-bond donors (Lipinski definition) is 2. The van der Waals surface area contributed by atoms with Crippen LogP contribution in [0.25, 0.3) is 0 Å². The molecule has 0 bridgehead atoms. The van der Waals surface area contributed by atoms with Crippen LogP contribution < -0.4 is 10.6 Å². The lowest BCUT2D eigenvalue weighted by Crippen LogP contribution is -2.31. The first-order valence-corrected chi connectivity index (χ1v) is 8.27. The van der Waals surface area contributed by atoms with Crippen molar-refractivity contribution in [3.8, 4) is 0 Å². The van der Waals surface area contributed by atoms with Crippen molar-refractivity contribution in [3.63, 3.8) is 0 Å². The molecule has 2 rings (SSSR count). The van der Waals surface area contributed by atoms with E-state index in [4.69, 9.17) is 0 Å². The third-order valence-electron chi connectivity index (χ3n) is 3.32. The average Bonchev–Trinajstić information content (AvgIpc) is 2.46. The number of halogens is 2. The highest BCUT2D eigenvalue weighted by molar-refractivity contribution is 7.99. The molecular formula is C15H25Cl2N3OS. The highest BCUT2D eigenvalue weighted by Gasteiger charge is 2.11. The van der Waals surface area contributed by atoms with Crippen LogP contribution in [0.3, 0.4) is 0 Å². The Labute approximate surface area is 149 Å². The van der Waals surface area contributed by atoms with E-state index in [9.17, 15) is 4.79 Å². The number of nitrogens with zero attached hydrogens (tertiary/aromatic N) is 1. The molecule has 126 valence electrons. The van der Waals surface area contributed by atoms with Crippen LogP contribution in [0, 0.1) is 0 Å². The van der Waals surface area contributed by atoms with Gasteiger partial charge in [0.15, 0.2) is 0 Å². The van der Waals surface area contributed by atoms with Crippen LogP contribution in [0.15, 0.2) is 24.3 Å². The molecule has 0 aromatic heterocycles. The van der Waals surface area contributed by atoms with Crippen LogP contribution in [0.2, 0.25) is 0 Å². The number of hydrogen-bond acceptors (Lipinski definition) is 4. The topological polar surface area (TPSA) is 44.4 Å². The maximum absolute atomic E-state index is 11.7. The smallest absolute Gasteiger partial charge is 0.225 e. The summed E-state index contributed by atoms with van der Waals surface area (Å²) in [6, 6.07) is 8.18. The number of carbonyl (C=O) groups is 1. The number of nitrogens with one attached hydrogen (secondary N) is 2. The molecule has 22 heavy (non-hydrogen) atoms. The molecule has 0 spiro atoms. The number of thioether (sulfide) groups is 1. The summed E-state index contributed by atoms with van der Waals surface area (Å²) in [5.74, 6) is 2.51. The molecule has 1 aromatic rings. The van der Waals surface area contributed by atoms with Crippen molar-refractivity contribution >= 4 is 48.2 Å². The van der Waals surface area contributed by atoms with Gasteiger partial charge in [-0.15, -0.1) is 24.8 Å². The largest absolute Gasteiger partial charge is 0.326 e. The van der Waals surface area contributed by atoms with E-state index < -0.39 is 0 Å². The van der Waals surface area contributed by atoms with Crippen molar-refractivity contribution in [1.82, 2.24) is 10.2 Å². The van der Waals surface area contributed by atoms with Gasteiger partial charge < -0.3 is 10.6 Å². The molecule has 1 fully saturated rings. The van der Waals surface area contributed by atoms with E-state index in [1.54, 1.807) is 0 Å². The predicted octanol–water partition coefficient (Wildman–Crippen LogP) is 2.63. The molecule has 0 atom stereocenters. The standard InChI is InChI=1S/C15H23N3OS.2ClH/c1-16-6-5-15(19)17-14-4-2-3-13(11-14)12-18-7-9-20-10-8-18;;/h2-4,11,16H,5-10,12H2,1H3,(H,17,19);2*1H. The highest BCUT2D eigenvalue weighted by atomic mass is 35.5. The van der Waals surface area contributed by atoms with Crippen LogP contribution in [0.4, 0.5) is 5.69 Å². The summed E-state index contributed by atoms with van der Waals surface area (Å²) in [7, 11) is 1.85. The molecule has 1 saturated heterocycles. The van der Waals surface area contributed by atoms with Gasteiger partial charge in [0.25, 0.3) is 0 Å². The van der Waals surface area contributed by atoms with Gasteiger partial charge in [-0.3, -0.25) is 9.69 Å². The summed E-state index contributed by atoms with van der Waals surface area (Å²) in [5, 5.41) is 5.93. The molecule has 1 amide bonds. The first kappa shape index (κ1) is 21.5. The van der Waals surface area contributed by atoms with Gasteiger partial charge in [0.05, 0.1) is 0 Å². The normalized spacial score (nSPS) is 14.6. The number of benzene rings is 1. The monoisotopic (exact) mass is 365 g/mol. The first-order chi connectivity index (χ1) is 9.78. The van der Waals surface area contributed by atoms with Crippen molar-refractivity contribution in [2.24, 2.45) is 0 Å². The fourth-order valence-corrected chi connectivity index (χ4v) is 3.21. The van der Waals surface area contributed by atoms with Gasteiger partial charge in [-0.25, -0.2) is 0 Å². The van der Waals surface area contributed by atoms with Crippen LogP contribution >= 0.6 is 36.6 Å². The maximum Gasteiger partial charge on any atom is 0.225 e. The SMILES string of the molecule is CNCCC(=O)Nc1cccc(CN2CCSCC2)c1.Cl.Cl. The van der Waals surface area contributed by atoms with Crippen LogP contribution in [-0.4, -0.2) is 49.0 Å². The second kappa shape index (κ2) is 12.0. The third-order valence-corrected chi connectivity index (χ3v) is 4.27. The molecule has 0 unspecified atom stereocenters. The first-order valence-electron chi connectivity index (χ1n) is 7.11. The maximum atomic E-state index is 11.7. The minimum absolute atomic E-state index is 0. The third kappa shape index (κ3) is 7.70. The van der Waals surface area contributed by atoms with E-state index in [1.165, 1.54) is 17.1 Å². The molecular weight excluding hydrogens is 341 g/mol. The van der Waals surface area contributed by atoms with Crippen LogP contribution in [0.5, 0.6) is 0 Å². The van der Waals surface area contributed by atoms with Gasteiger partial charge in [0.2, 0.25) is 5.91 Å². The van der Waals surface area contributed by atoms with E-state index in [2.05, 4.69) is 27.7 Å². The van der Waals surface area contributed by atoms with Crippen molar-refractivity contribution < 1.29 is 4.79 Å². The van der Waals surface area contributed by atoms with E-state index in [0.717, 1.165) is 25.3 Å². The number of amides is 1. The fraction of sp³-hybridized carbons (Fsp3) is 0.533. The number of carbonyl (C=O) groups excluding carboxylic acids is 1. The van der Waals surface area contributed by atoms with Gasteiger partial charge in [0, 0.05) is 49.8 Å². The minimum Gasteiger partial charge on any atom is -0.326 e. The summed E-state index contributed by atoms with van der Waals surface area (Å²) in [6.45, 7) is 3.99. The molecule has 1 aliphatic rings. The zero-order chi connectivity index (χ0) is 14.2. The Morgan fingerprint density at radius 2 is 2.00 bits per heavy atom. The second-order valence-corrected chi connectivity index (χ2v) is 6.22. The lowest BCUT2D eigenvalue weighted by Gasteiger charge is -2.26. The summed E-state index contributed by atoms with van der Waals surface area (Å²) >= 11 is 2.02. The van der Waals surface area contributed by atoms with Crippen molar-refractivity contribution in [3.05, 3.63) is 29.8 Å². The molecule has 0 radical (unpaired) electrons. The highest BCUT2D eigenvalue weighted by Crippen LogP contribution is 2.16. The minimum atomic E-state index is 0. The van der Waals surface area contributed by atoms with E-state index in [1.807, 2.05) is 30.9 Å². The quantitative estimate of drug-likeness (QED) is 0.813. The number of anilines is 1. The molecule has 0 aliphatic carbocycles. The molecule has 7 heteroatoms. The van der Waals surface area contributed by atoms with Crippen molar-refractivity contribution in [1.29, 1.82) is 0 Å². The van der Waals surface area contributed by atoms with Crippen LogP contribution in [-0.2, 0) is 11.3 Å². The lowest BCUT2D eigenvalue weighted by molar-refractivity contribution is -0.116. The molecule has 0 saturated carbocycles. The predicted molar refractivity (Wildman–Crippen MR) is 101 cm³/mol. The van der Waals surface area contributed by atoms with Gasteiger partial charge in [0.1, 0.15) is 0 Å². The molecule has 1 aliphatic heterocycles. The molecule has 1 heterocycles. The Morgan fingerprint density at radius 3 is 2.68 bits per heavy atom. The summed E-state index contributed by atoms with van der Waals surface area (Å²) < 4.78 is 0. The van der Waals surface area contributed by atoms with Gasteiger partial charge in [-0.1, -0.05) is 12.1 Å². The Kier molecular flexibility index (Phi) is 11.8. The zero-order valence-electron chi connectivity index (χ0n) is 12.8. The van der Waals surface area contributed by atoms with Crippen molar-refractivity contribution in [2.45, 2.75) is 13.0 Å². The lowest BCUT2D eigenvalue weighted by atomic mass is 10.2. The molecule has 1 aromatic carbocycles. The van der Waals surface area contributed by atoms with Gasteiger partial charge >= 0.3 is 0 Å². The average molecular weight is 366 g/mol. The summed E-state index contributed by atoms with van der Waals surface area (Å²) in [5.41, 5.74) is 2.17. The van der Waals surface area contributed by atoms with Crippen LogP contribution in [0.1, 0.15) is 12.0 Å². The Balaban J connectivity index is 0.00000220.